The van der Waals surface area contributed by atoms with E-state index in [1.54, 1.807) is 0 Å². The molecule has 0 amide bonds. The number of rotatable bonds is 7. The van der Waals surface area contributed by atoms with Gasteiger partial charge in [0.25, 0.3) is 0 Å². The molecule has 0 aliphatic heterocycles. The van der Waals surface area contributed by atoms with Gasteiger partial charge >= 0.3 is 6.18 Å². The lowest BCUT2D eigenvalue weighted by Gasteiger charge is -2.15. The van der Waals surface area contributed by atoms with Crippen molar-refractivity contribution in [2.45, 2.75) is 32.2 Å². The van der Waals surface area contributed by atoms with Gasteiger partial charge < -0.3 is 15.7 Å². The lowest BCUT2D eigenvalue weighted by Crippen LogP contribution is -2.41. The number of guanidine groups is 1. The van der Waals surface area contributed by atoms with E-state index in [1.807, 2.05) is 37.3 Å². The fourth-order valence-electron chi connectivity index (χ4n) is 2.48. The van der Waals surface area contributed by atoms with Gasteiger partial charge in [-0.25, -0.2) is 4.99 Å². The van der Waals surface area contributed by atoms with Gasteiger partial charge in [0.2, 0.25) is 0 Å². The fraction of sp³-hybridized carbons (Fsp3) is 0.350. The van der Waals surface area contributed by atoms with E-state index in [1.165, 1.54) is 12.1 Å². The molecule has 2 aromatic carbocycles. The van der Waals surface area contributed by atoms with Crippen molar-refractivity contribution in [3.05, 3.63) is 71.3 Å². The zero-order chi connectivity index (χ0) is 19.7. The highest BCUT2D eigenvalue weighted by molar-refractivity contribution is 5.79. The minimum absolute atomic E-state index is 0.238. The monoisotopic (exact) mass is 379 g/mol. The summed E-state index contributed by atoms with van der Waals surface area (Å²) in [6.07, 6.45) is -4.40. The fourth-order valence-corrected chi connectivity index (χ4v) is 2.48. The maximum atomic E-state index is 12.6. The molecule has 1 unspecified atom stereocenters. The minimum atomic E-state index is -4.34. The van der Waals surface area contributed by atoms with E-state index >= 15 is 0 Å². The van der Waals surface area contributed by atoms with Crippen LogP contribution in [0.1, 0.15) is 23.6 Å². The van der Waals surface area contributed by atoms with Crippen LogP contribution in [-0.4, -0.2) is 30.3 Å². The molecule has 0 aliphatic rings. The SMILES string of the molecule is CCNC(=NCc1ccc(C(F)(F)F)cc1)NCC(O)Cc1ccccc1. The van der Waals surface area contributed by atoms with Crippen LogP contribution in [0.25, 0.3) is 0 Å². The standard InChI is InChI=1S/C20H24F3N3O/c1-2-24-19(26-14-18(27)12-15-6-4-3-5-7-15)25-13-16-8-10-17(11-9-16)20(21,22)23/h3-11,18,27H,2,12-14H2,1H3,(H2,24,25,26). The second-order valence-electron chi connectivity index (χ2n) is 6.11. The quantitative estimate of drug-likeness (QED) is 0.511. The molecule has 7 heteroatoms. The third kappa shape index (κ3) is 7.30. The Hall–Kier alpha value is -2.54. The van der Waals surface area contributed by atoms with Crippen molar-refractivity contribution < 1.29 is 18.3 Å². The summed E-state index contributed by atoms with van der Waals surface area (Å²) in [5.74, 6) is 0.504. The smallest absolute Gasteiger partial charge is 0.391 e. The average Bonchev–Trinajstić information content (AvgIpc) is 2.64. The summed E-state index contributed by atoms with van der Waals surface area (Å²) in [5, 5.41) is 16.3. The molecule has 4 nitrogen and oxygen atoms in total. The second kappa shape index (κ2) is 9.97. The number of halogens is 3. The van der Waals surface area contributed by atoms with Crippen LogP contribution in [-0.2, 0) is 19.1 Å². The molecule has 0 spiro atoms. The normalized spacial score (nSPS) is 13.3. The van der Waals surface area contributed by atoms with Crippen LogP contribution >= 0.6 is 0 Å². The van der Waals surface area contributed by atoms with Gasteiger partial charge in [-0.2, -0.15) is 13.2 Å². The van der Waals surface area contributed by atoms with E-state index in [2.05, 4.69) is 15.6 Å². The van der Waals surface area contributed by atoms with Crippen LogP contribution in [0.5, 0.6) is 0 Å². The van der Waals surface area contributed by atoms with Crippen molar-refractivity contribution in [1.82, 2.24) is 10.6 Å². The van der Waals surface area contributed by atoms with Crippen molar-refractivity contribution >= 4 is 5.96 Å². The second-order valence-corrected chi connectivity index (χ2v) is 6.11. The highest BCUT2D eigenvalue weighted by Crippen LogP contribution is 2.29. The first kappa shape index (κ1) is 20.8. The molecule has 146 valence electrons. The van der Waals surface area contributed by atoms with Gasteiger partial charge in [-0.3, -0.25) is 0 Å². The Labute approximate surface area is 157 Å². The van der Waals surface area contributed by atoms with Crippen molar-refractivity contribution in [2.75, 3.05) is 13.1 Å². The van der Waals surface area contributed by atoms with E-state index in [4.69, 9.17) is 0 Å². The Balaban J connectivity index is 1.89. The summed E-state index contributed by atoms with van der Waals surface area (Å²) < 4.78 is 37.8. The molecular formula is C20H24F3N3O. The van der Waals surface area contributed by atoms with E-state index in [-0.39, 0.29) is 6.54 Å². The summed E-state index contributed by atoms with van der Waals surface area (Å²) in [4.78, 5) is 4.36. The molecule has 0 radical (unpaired) electrons. The lowest BCUT2D eigenvalue weighted by atomic mass is 10.1. The van der Waals surface area contributed by atoms with Crippen LogP contribution in [0.15, 0.2) is 59.6 Å². The number of aliphatic imine (C=N–C) groups is 1. The van der Waals surface area contributed by atoms with E-state index in [9.17, 15) is 18.3 Å². The van der Waals surface area contributed by atoms with Crippen LogP contribution < -0.4 is 10.6 Å². The molecule has 2 aromatic rings. The Morgan fingerprint density at radius 2 is 1.67 bits per heavy atom. The maximum absolute atomic E-state index is 12.6. The van der Waals surface area contributed by atoms with Crippen LogP contribution in [0, 0.1) is 0 Å². The first-order valence-corrected chi connectivity index (χ1v) is 8.78. The highest BCUT2D eigenvalue weighted by atomic mass is 19.4. The Kier molecular flexibility index (Phi) is 7.67. The predicted molar refractivity (Wildman–Crippen MR) is 100 cm³/mol. The predicted octanol–water partition coefficient (Wildman–Crippen LogP) is 3.36. The Morgan fingerprint density at radius 1 is 1.00 bits per heavy atom. The molecule has 0 heterocycles. The number of hydrogen-bond donors (Lipinski definition) is 3. The maximum Gasteiger partial charge on any atom is 0.416 e. The number of benzene rings is 2. The molecule has 27 heavy (non-hydrogen) atoms. The van der Waals surface area contributed by atoms with Gasteiger partial charge in [-0.1, -0.05) is 42.5 Å². The number of aliphatic hydroxyl groups excluding tert-OH is 1. The number of nitrogens with zero attached hydrogens (tertiary/aromatic N) is 1. The average molecular weight is 379 g/mol. The summed E-state index contributed by atoms with van der Waals surface area (Å²) in [7, 11) is 0. The Bertz CT molecular complexity index is 716. The molecule has 0 aromatic heterocycles. The molecule has 1 atom stereocenters. The topological polar surface area (TPSA) is 56.7 Å². The zero-order valence-corrected chi connectivity index (χ0v) is 15.1. The first-order chi connectivity index (χ1) is 12.9. The lowest BCUT2D eigenvalue weighted by molar-refractivity contribution is -0.137. The van der Waals surface area contributed by atoms with E-state index < -0.39 is 17.8 Å². The molecule has 2 rings (SSSR count). The molecule has 0 fully saturated rings. The molecule has 3 N–H and O–H groups in total. The van der Waals surface area contributed by atoms with Crippen molar-refractivity contribution in [2.24, 2.45) is 4.99 Å². The number of hydrogen-bond acceptors (Lipinski definition) is 2. The molecular weight excluding hydrogens is 355 g/mol. The molecule has 0 saturated carbocycles. The van der Waals surface area contributed by atoms with Crippen molar-refractivity contribution in [3.63, 3.8) is 0 Å². The molecule has 0 aliphatic carbocycles. The summed E-state index contributed by atoms with van der Waals surface area (Å²) in [5.41, 5.74) is 1.04. The third-order valence-corrected chi connectivity index (χ3v) is 3.86. The number of aliphatic hydroxyl groups is 1. The highest BCUT2D eigenvalue weighted by Gasteiger charge is 2.29. The van der Waals surface area contributed by atoms with Gasteiger partial charge in [0.1, 0.15) is 0 Å². The summed E-state index contributed by atoms with van der Waals surface area (Å²) >= 11 is 0. The van der Waals surface area contributed by atoms with Gasteiger partial charge in [0.05, 0.1) is 18.2 Å². The third-order valence-electron chi connectivity index (χ3n) is 3.86. The van der Waals surface area contributed by atoms with Crippen LogP contribution in [0.2, 0.25) is 0 Å². The van der Waals surface area contributed by atoms with E-state index in [0.29, 0.717) is 31.0 Å². The molecule has 0 saturated heterocycles. The van der Waals surface area contributed by atoms with Gasteiger partial charge in [0.15, 0.2) is 5.96 Å². The number of nitrogens with one attached hydrogen (secondary N) is 2. The van der Waals surface area contributed by atoms with Gasteiger partial charge in [-0.05, 0) is 30.2 Å². The molecule has 0 bridgehead atoms. The largest absolute Gasteiger partial charge is 0.416 e. The van der Waals surface area contributed by atoms with E-state index in [0.717, 1.165) is 17.7 Å². The van der Waals surface area contributed by atoms with Crippen molar-refractivity contribution in [3.8, 4) is 0 Å². The van der Waals surface area contributed by atoms with Gasteiger partial charge in [0, 0.05) is 19.5 Å². The minimum Gasteiger partial charge on any atom is -0.391 e. The number of alkyl halides is 3. The summed E-state index contributed by atoms with van der Waals surface area (Å²) in [6, 6.07) is 14.6. The van der Waals surface area contributed by atoms with Crippen LogP contribution in [0.3, 0.4) is 0 Å². The Morgan fingerprint density at radius 3 is 2.26 bits per heavy atom. The van der Waals surface area contributed by atoms with Crippen molar-refractivity contribution in [1.29, 1.82) is 0 Å². The zero-order valence-electron chi connectivity index (χ0n) is 15.1. The van der Waals surface area contributed by atoms with Crippen LogP contribution in [0.4, 0.5) is 13.2 Å². The first-order valence-electron chi connectivity index (χ1n) is 8.78. The summed E-state index contributed by atoms with van der Waals surface area (Å²) in [6.45, 7) is 3.10. The van der Waals surface area contributed by atoms with Gasteiger partial charge in [-0.15, -0.1) is 0 Å².